The van der Waals surface area contributed by atoms with Gasteiger partial charge in [0.05, 0.1) is 24.9 Å². The fourth-order valence-electron chi connectivity index (χ4n) is 4.38. The molecule has 0 saturated heterocycles. The summed E-state index contributed by atoms with van der Waals surface area (Å²) in [5, 5.41) is 40.2. The van der Waals surface area contributed by atoms with E-state index in [1.54, 1.807) is 29.1 Å². The summed E-state index contributed by atoms with van der Waals surface area (Å²) in [6.07, 6.45) is 3.42. The number of ether oxygens (including phenoxy) is 1. The van der Waals surface area contributed by atoms with Gasteiger partial charge in [0.15, 0.2) is 0 Å². The van der Waals surface area contributed by atoms with Gasteiger partial charge in [-0.2, -0.15) is 5.10 Å². The highest BCUT2D eigenvalue weighted by molar-refractivity contribution is 5.94. The molecule has 1 atom stereocenters. The number of aromatic nitrogens is 2. The monoisotopic (exact) mass is 544 g/mol. The Hall–Kier alpha value is -4.18. The molecule has 0 radical (unpaired) electrons. The van der Waals surface area contributed by atoms with Crippen LogP contribution in [0.15, 0.2) is 85.2 Å². The Kier molecular flexibility index (Phi) is 9.55. The molecule has 0 spiro atoms. The molecule has 9 heteroatoms. The first-order valence-corrected chi connectivity index (χ1v) is 13.2. The van der Waals surface area contributed by atoms with Gasteiger partial charge in [0.25, 0.3) is 5.91 Å². The zero-order valence-electron chi connectivity index (χ0n) is 22.7. The first-order chi connectivity index (χ1) is 19.2. The van der Waals surface area contributed by atoms with Gasteiger partial charge >= 0.3 is 0 Å². The minimum absolute atomic E-state index is 0.000187. The van der Waals surface area contributed by atoms with Crippen LogP contribution >= 0.6 is 0 Å². The highest BCUT2D eigenvalue weighted by atomic mass is 16.5. The maximum Gasteiger partial charge on any atom is 0.251 e. The Bertz CT molecular complexity index is 1390. The van der Waals surface area contributed by atoms with Crippen molar-refractivity contribution in [3.63, 3.8) is 0 Å². The van der Waals surface area contributed by atoms with Crippen LogP contribution in [-0.4, -0.2) is 56.2 Å². The largest absolute Gasteiger partial charge is 0.508 e. The molecule has 9 nitrogen and oxygen atoms in total. The number of benzene rings is 3. The van der Waals surface area contributed by atoms with Crippen LogP contribution in [0, 0.1) is 0 Å². The molecule has 0 unspecified atom stereocenters. The fourth-order valence-corrected chi connectivity index (χ4v) is 4.38. The third-order valence-electron chi connectivity index (χ3n) is 6.53. The van der Waals surface area contributed by atoms with Gasteiger partial charge in [0.2, 0.25) is 0 Å². The number of amides is 1. The van der Waals surface area contributed by atoms with Crippen molar-refractivity contribution >= 4 is 5.91 Å². The Labute approximate surface area is 234 Å². The number of nitrogens with one attached hydrogen (secondary N) is 2. The lowest BCUT2D eigenvalue weighted by atomic mass is 9.93. The first kappa shape index (κ1) is 28.8. The molecule has 1 heterocycles. The van der Waals surface area contributed by atoms with Crippen molar-refractivity contribution in [1.82, 2.24) is 20.4 Å². The second-order valence-corrected chi connectivity index (χ2v) is 10.3. The first-order valence-electron chi connectivity index (χ1n) is 13.2. The van der Waals surface area contributed by atoms with Crippen molar-refractivity contribution in [1.29, 1.82) is 0 Å². The van der Waals surface area contributed by atoms with E-state index >= 15 is 0 Å². The summed E-state index contributed by atoms with van der Waals surface area (Å²) >= 11 is 0. The van der Waals surface area contributed by atoms with Gasteiger partial charge in [-0.15, -0.1) is 0 Å². The maximum atomic E-state index is 12.7. The lowest BCUT2D eigenvalue weighted by Crippen LogP contribution is -2.43. The number of β-amino-alcohol motifs (C(OH)–C–C–N with tert-alkyl or cyclic N) is 1. The number of rotatable bonds is 13. The van der Waals surface area contributed by atoms with Gasteiger partial charge < -0.3 is 30.7 Å². The summed E-state index contributed by atoms with van der Waals surface area (Å²) in [6.45, 7) is 4.75. The molecule has 0 bridgehead atoms. The number of aromatic hydroxyl groups is 1. The zero-order chi connectivity index (χ0) is 28.5. The Morgan fingerprint density at radius 2 is 1.88 bits per heavy atom. The fraction of sp³-hybridized carbons (Fsp3) is 0.290. The molecule has 3 aromatic carbocycles. The number of carbonyl (C=O) groups is 1. The molecule has 210 valence electrons. The van der Waals surface area contributed by atoms with Gasteiger partial charge in [-0.25, -0.2) is 4.68 Å². The predicted octanol–water partition coefficient (Wildman–Crippen LogP) is 3.52. The number of hydrogen-bond donors (Lipinski definition) is 5. The molecule has 5 N–H and O–H groups in total. The highest BCUT2D eigenvalue weighted by Gasteiger charge is 2.21. The van der Waals surface area contributed by atoms with Gasteiger partial charge in [0.1, 0.15) is 18.1 Å². The van der Waals surface area contributed by atoms with E-state index in [9.17, 15) is 20.1 Å². The number of phenols is 1. The van der Waals surface area contributed by atoms with E-state index in [2.05, 4.69) is 15.7 Å². The Balaban J connectivity index is 1.23. The number of aliphatic hydroxyl groups excluding tert-OH is 2. The topological polar surface area (TPSA) is 129 Å². The molecule has 0 aliphatic carbocycles. The van der Waals surface area contributed by atoms with Gasteiger partial charge in [-0.3, -0.25) is 4.79 Å². The number of carbonyl (C=O) groups excluding carboxylic acids is 1. The quantitative estimate of drug-likeness (QED) is 0.163. The zero-order valence-corrected chi connectivity index (χ0v) is 22.7. The molecular formula is C31H36N4O5. The van der Waals surface area contributed by atoms with E-state index in [4.69, 9.17) is 4.74 Å². The average Bonchev–Trinajstić information content (AvgIpc) is 3.50. The second kappa shape index (κ2) is 13.3. The van der Waals surface area contributed by atoms with Crippen LogP contribution in [0.25, 0.3) is 5.69 Å². The molecule has 0 saturated carbocycles. The minimum atomic E-state index is -0.807. The van der Waals surface area contributed by atoms with E-state index in [0.717, 1.165) is 11.3 Å². The van der Waals surface area contributed by atoms with Crippen molar-refractivity contribution in [2.75, 3.05) is 19.7 Å². The van der Waals surface area contributed by atoms with E-state index in [-0.39, 0.29) is 30.3 Å². The van der Waals surface area contributed by atoms with Crippen LogP contribution in [0.4, 0.5) is 0 Å². The van der Waals surface area contributed by atoms with E-state index in [1.165, 1.54) is 6.07 Å². The molecule has 4 aromatic rings. The summed E-state index contributed by atoms with van der Waals surface area (Å²) in [6, 6.07) is 21.6. The lowest BCUT2D eigenvalue weighted by molar-refractivity contribution is 0.0947. The molecule has 40 heavy (non-hydrogen) atoms. The van der Waals surface area contributed by atoms with Crippen molar-refractivity contribution in [3.8, 4) is 17.2 Å². The summed E-state index contributed by atoms with van der Waals surface area (Å²) < 4.78 is 7.52. The van der Waals surface area contributed by atoms with E-state index in [0.29, 0.717) is 42.0 Å². The second-order valence-electron chi connectivity index (χ2n) is 10.3. The normalized spacial score (nSPS) is 12.2. The van der Waals surface area contributed by atoms with E-state index in [1.807, 2.05) is 68.6 Å². The molecular weight excluding hydrogens is 508 g/mol. The van der Waals surface area contributed by atoms with Crippen LogP contribution < -0.4 is 15.4 Å². The minimum Gasteiger partial charge on any atom is -0.508 e. The number of hydrogen-bond acceptors (Lipinski definition) is 7. The van der Waals surface area contributed by atoms with E-state index < -0.39 is 6.10 Å². The summed E-state index contributed by atoms with van der Waals surface area (Å²) in [7, 11) is 0. The van der Waals surface area contributed by atoms with Gasteiger partial charge in [0, 0.05) is 35.6 Å². The molecule has 1 amide bonds. The van der Waals surface area contributed by atoms with Crippen LogP contribution in [0.1, 0.15) is 47.0 Å². The standard InChI is InChI=1S/C31H36N4O5/c1-31(2,33-20-29(38)23-7-12-28(37)25(18-23)21-36)19-22-5-3-6-24(17-22)30(39)32-14-16-40-27-10-8-26(9-11-27)35-15-4-13-34-35/h3-13,15,17-18,29,33,36-38H,14,16,19-21H2,1-2H3,(H,32,39)/t29-/m0/s1. The third-order valence-corrected chi connectivity index (χ3v) is 6.53. The van der Waals surface area contributed by atoms with Crippen molar-refractivity contribution in [2.45, 2.75) is 38.5 Å². The molecule has 0 aliphatic heterocycles. The van der Waals surface area contributed by atoms with Crippen molar-refractivity contribution in [2.24, 2.45) is 0 Å². The third kappa shape index (κ3) is 7.92. The van der Waals surface area contributed by atoms with Gasteiger partial charge in [-0.05, 0) is 86.0 Å². The summed E-state index contributed by atoms with van der Waals surface area (Å²) in [4.78, 5) is 12.7. The molecule has 4 rings (SSSR count). The SMILES string of the molecule is CC(C)(Cc1cccc(C(=O)NCCOc2ccc(-n3cccn3)cc2)c1)NC[C@H](O)c1ccc(O)c(CO)c1. The predicted molar refractivity (Wildman–Crippen MR) is 153 cm³/mol. The molecule has 0 fully saturated rings. The average molecular weight is 545 g/mol. The number of nitrogens with zero attached hydrogens (tertiary/aromatic N) is 2. The maximum absolute atomic E-state index is 12.7. The van der Waals surface area contributed by atoms with Crippen molar-refractivity contribution in [3.05, 3.63) is 107 Å². The summed E-state index contributed by atoms with van der Waals surface area (Å²) in [5.74, 6) is 0.540. The Morgan fingerprint density at radius 1 is 1.07 bits per heavy atom. The van der Waals surface area contributed by atoms with Gasteiger partial charge in [-0.1, -0.05) is 18.2 Å². The highest BCUT2D eigenvalue weighted by Crippen LogP contribution is 2.23. The summed E-state index contributed by atoms with van der Waals surface area (Å²) in [5.41, 5.74) is 3.11. The number of aliphatic hydroxyl groups is 2. The van der Waals surface area contributed by atoms with Crippen LogP contribution in [0.2, 0.25) is 0 Å². The van der Waals surface area contributed by atoms with Crippen LogP contribution in [0.3, 0.4) is 0 Å². The smallest absolute Gasteiger partial charge is 0.251 e. The molecule has 1 aromatic heterocycles. The van der Waals surface area contributed by atoms with Crippen molar-refractivity contribution < 1.29 is 24.9 Å². The molecule has 0 aliphatic rings. The van der Waals surface area contributed by atoms with Crippen LogP contribution in [0.5, 0.6) is 11.5 Å². The van der Waals surface area contributed by atoms with Crippen LogP contribution in [-0.2, 0) is 13.0 Å². The lowest BCUT2D eigenvalue weighted by Gasteiger charge is -2.28. The Morgan fingerprint density at radius 3 is 2.60 bits per heavy atom.